The minimum Gasteiger partial charge on any atom is -0.0630 e. The average molecular weight is 230 g/mol. The number of aryl methyl sites for hydroxylation is 1. The highest BCUT2D eigenvalue weighted by atomic mass is 14.4. The third kappa shape index (κ3) is 2.73. The van der Waals surface area contributed by atoms with Crippen molar-refractivity contribution in [2.75, 3.05) is 0 Å². The van der Waals surface area contributed by atoms with Crippen molar-refractivity contribution in [1.29, 1.82) is 0 Å². The third-order valence-corrected chi connectivity index (χ3v) is 4.00. The van der Waals surface area contributed by atoms with Crippen LogP contribution in [0.4, 0.5) is 0 Å². The monoisotopic (exact) mass is 230 g/mol. The molecule has 2 aliphatic rings. The maximum absolute atomic E-state index is 2.37. The van der Waals surface area contributed by atoms with Crippen LogP contribution in [0.25, 0.3) is 0 Å². The first-order chi connectivity index (χ1) is 8.14. The third-order valence-electron chi connectivity index (χ3n) is 4.00. The summed E-state index contributed by atoms with van der Waals surface area (Å²) in [5.74, 6) is 0.833. The van der Waals surface area contributed by atoms with Gasteiger partial charge in [0.1, 0.15) is 0 Å². The zero-order valence-corrected chi connectivity index (χ0v) is 11.6. The fraction of sp³-hybridized carbons (Fsp3) is 0.647. The highest BCUT2D eigenvalue weighted by molar-refractivity contribution is 5.38. The van der Waals surface area contributed by atoms with Crippen molar-refractivity contribution in [2.45, 2.75) is 64.7 Å². The van der Waals surface area contributed by atoms with E-state index in [0.29, 0.717) is 5.41 Å². The second kappa shape index (κ2) is 5.25. The molecule has 0 unspecified atom stereocenters. The van der Waals surface area contributed by atoms with Gasteiger partial charge in [-0.3, -0.25) is 0 Å². The Morgan fingerprint density at radius 3 is 2.12 bits per heavy atom. The Morgan fingerprint density at radius 1 is 0.941 bits per heavy atom. The summed E-state index contributed by atoms with van der Waals surface area (Å²) in [5.41, 5.74) is 3.95. The van der Waals surface area contributed by atoms with Crippen molar-refractivity contribution in [3.63, 3.8) is 0 Å². The molecule has 0 N–H and O–H groups in total. The molecule has 0 nitrogen and oxygen atoms in total. The molecule has 1 fully saturated rings. The molecule has 3 rings (SSSR count). The number of hydrogen-bond acceptors (Lipinski definition) is 0. The van der Waals surface area contributed by atoms with Gasteiger partial charge in [-0.1, -0.05) is 51.5 Å². The van der Waals surface area contributed by atoms with Crippen LogP contribution >= 0.6 is 0 Å². The van der Waals surface area contributed by atoms with Gasteiger partial charge in [0.25, 0.3) is 0 Å². The van der Waals surface area contributed by atoms with Crippen molar-refractivity contribution in [1.82, 2.24) is 0 Å². The van der Waals surface area contributed by atoms with E-state index in [-0.39, 0.29) is 0 Å². The Morgan fingerprint density at radius 2 is 1.53 bits per heavy atom. The predicted molar refractivity (Wildman–Crippen MR) is 75.4 cm³/mol. The molecule has 17 heavy (non-hydrogen) atoms. The van der Waals surface area contributed by atoms with E-state index in [4.69, 9.17) is 0 Å². The minimum atomic E-state index is 0.634. The lowest BCUT2D eigenvalue weighted by Gasteiger charge is -2.46. The van der Waals surface area contributed by atoms with E-state index in [2.05, 4.69) is 45.0 Å². The summed E-state index contributed by atoms with van der Waals surface area (Å²) in [5, 5.41) is 0. The summed E-state index contributed by atoms with van der Waals surface area (Å²) in [4.78, 5) is 0. The SMILES string of the molecule is CC(C)C.c1ccc2c(c1)CCCC21CCC1. The number of benzene rings is 1. The van der Waals surface area contributed by atoms with Gasteiger partial charge in [-0.2, -0.15) is 0 Å². The van der Waals surface area contributed by atoms with Gasteiger partial charge in [0.2, 0.25) is 0 Å². The molecule has 0 amide bonds. The van der Waals surface area contributed by atoms with Gasteiger partial charge < -0.3 is 0 Å². The van der Waals surface area contributed by atoms with Gasteiger partial charge in [-0.05, 0) is 54.6 Å². The summed E-state index contributed by atoms with van der Waals surface area (Å²) >= 11 is 0. The van der Waals surface area contributed by atoms with Crippen LogP contribution in [-0.4, -0.2) is 0 Å². The number of hydrogen-bond donors (Lipinski definition) is 0. The maximum atomic E-state index is 2.37. The van der Waals surface area contributed by atoms with Crippen LogP contribution in [0.3, 0.4) is 0 Å². The number of fused-ring (bicyclic) bond motifs is 2. The molecule has 0 saturated heterocycles. The van der Waals surface area contributed by atoms with E-state index in [0.717, 1.165) is 5.92 Å². The normalized spacial score (nSPS) is 20.2. The second-order valence-electron chi connectivity index (χ2n) is 6.38. The van der Waals surface area contributed by atoms with Gasteiger partial charge in [0, 0.05) is 0 Å². The van der Waals surface area contributed by atoms with Crippen molar-refractivity contribution in [3.05, 3.63) is 35.4 Å². The Balaban J connectivity index is 0.000000239. The molecule has 0 heterocycles. The van der Waals surface area contributed by atoms with Crippen LogP contribution in [-0.2, 0) is 11.8 Å². The molecule has 1 saturated carbocycles. The van der Waals surface area contributed by atoms with Gasteiger partial charge in [-0.25, -0.2) is 0 Å². The largest absolute Gasteiger partial charge is 0.0630 e. The summed E-state index contributed by atoms with van der Waals surface area (Å²) < 4.78 is 0. The van der Waals surface area contributed by atoms with Crippen molar-refractivity contribution < 1.29 is 0 Å². The molecular weight excluding hydrogens is 204 g/mol. The molecule has 1 aromatic rings. The predicted octanol–water partition coefficient (Wildman–Crippen LogP) is 5.11. The maximum Gasteiger partial charge on any atom is -0.00441 e. The van der Waals surface area contributed by atoms with Gasteiger partial charge in [0.15, 0.2) is 0 Å². The van der Waals surface area contributed by atoms with Crippen LogP contribution in [0.2, 0.25) is 0 Å². The van der Waals surface area contributed by atoms with Gasteiger partial charge >= 0.3 is 0 Å². The molecule has 2 aliphatic carbocycles. The highest BCUT2D eigenvalue weighted by Gasteiger charge is 2.40. The smallest absolute Gasteiger partial charge is 0.00441 e. The molecule has 0 heteroatoms. The Labute approximate surface area is 106 Å². The van der Waals surface area contributed by atoms with Crippen LogP contribution in [0.15, 0.2) is 24.3 Å². The lowest BCUT2D eigenvalue weighted by molar-refractivity contribution is 0.209. The number of rotatable bonds is 0. The van der Waals surface area contributed by atoms with Crippen LogP contribution in [0, 0.1) is 5.92 Å². The summed E-state index contributed by atoms with van der Waals surface area (Å²) in [6, 6.07) is 9.10. The fourth-order valence-electron chi connectivity index (χ4n) is 3.13. The molecule has 94 valence electrons. The summed E-state index contributed by atoms with van der Waals surface area (Å²) in [7, 11) is 0. The Hall–Kier alpha value is -0.780. The zero-order valence-electron chi connectivity index (χ0n) is 11.6. The molecule has 0 bridgehead atoms. The van der Waals surface area contributed by atoms with E-state index in [1.807, 2.05) is 0 Å². The summed E-state index contributed by atoms with van der Waals surface area (Å²) in [6.45, 7) is 6.50. The van der Waals surface area contributed by atoms with E-state index < -0.39 is 0 Å². The first kappa shape index (κ1) is 12.7. The highest BCUT2D eigenvalue weighted by Crippen LogP contribution is 2.50. The molecule has 1 aromatic carbocycles. The van der Waals surface area contributed by atoms with Crippen LogP contribution in [0.5, 0.6) is 0 Å². The van der Waals surface area contributed by atoms with Crippen LogP contribution < -0.4 is 0 Å². The minimum absolute atomic E-state index is 0.634. The van der Waals surface area contributed by atoms with Crippen molar-refractivity contribution in [3.8, 4) is 0 Å². The molecule has 0 atom stereocenters. The Kier molecular flexibility index (Phi) is 3.91. The molecular formula is C17H26. The van der Waals surface area contributed by atoms with E-state index >= 15 is 0 Å². The lowest BCUT2D eigenvalue weighted by Crippen LogP contribution is -2.37. The first-order valence-corrected chi connectivity index (χ1v) is 7.22. The topological polar surface area (TPSA) is 0 Å². The quantitative estimate of drug-likeness (QED) is 0.581. The van der Waals surface area contributed by atoms with E-state index in [1.165, 1.54) is 38.5 Å². The Bertz CT molecular complexity index is 355. The standard InChI is InChI=1S/C13H16.C4H10/c1-2-7-12-11(5-1)6-3-8-13(12)9-4-10-13;1-4(2)3/h1-2,5,7H,3-4,6,8-10H2;4H,1-3H3. The van der Waals surface area contributed by atoms with Crippen molar-refractivity contribution >= 4 is 0 Å². The average Bonchev–Trinajstić information content (AvgIpc) is 2.25. The van der Waals surface area contributed by atoms with Crippen LogP contribution in [0.1, 0.15) is 64.0 Å². The lowest BCUT2D eigenvalue weighted by atomic mass is 9.58. The molecule has 0 aliphatic heterocycles. The van der Waals surface area contributed by atoms with Gasteiger partial charge in [-0.15, -0.1) is 0 Å². The first-order valence-electron chi connectivity index (χ1n) is 7.22. The second-order valence-corrected chi connectivity index (χ2v) is 6.38. The van der Waals surface area contributed by atoms with E-state index in [1.54, 1.807) is 11.1 Å². The molecule has 0 radical (unpaired) electrons. The van der Waals surface area contributed by atoms with E-state index in [9.17, 15) is 0 Å². The fourth-order valence-corrected chi connectivity index (χ4v) is 3.13. The zero-order chi connectivity index (χ0) is 12.3. The molecule has 1 spiro atoms. The molecule has 0 aromatic heterocycles. The van der Waals surface area contributed by atoms with Crippen molar-refractivity contribution in [2.24, 2.45) is 5.92 Å². The summed E-state index contributed by atoms with van der Waals surface area (Å²) in [6.07, 6.45) is 8.53. The van der Waals surface area contributed by atoms with Gasteiger partial charge in [0.05, 0.1) is 0 Å².